The zero-order valence-corrected chi connectivity index (χ0v) is 23.9. The van der Waals surface area contributed by atoms with E-state index in [1.54, 1.807) is 0 Å². The van der Waals surface area contributed by atoms with E-state index in [-0.39, 0.29) is 12.2 Å². The molecule has 0 spiro atoms. The van der Waals surface area contributed by atoms with Crippen LogP contribution in [0.3, 0.4) is 0 Å². The Kier molecular flexibility index (Phi) is 11.9. The van der Waals surface area contributed by atoms with Gasteiger partial charge in [-0.1, -0.05) is 0 Å². The summed E-state index contributed by atoms with van der Waals surface area (Å²) in [5.41, 5.74) is 0. The Bertz CT molecular complexity index is 654. The summed E-state index contributed by atoms with van der Waals surface area (Å²) >= 11 is 0. The van der Waals surface area contributed by atoms with Crippen molar-refractivity contribution in [1.29, 1.82) is 0 Å². The second-order valence-corrected chi connectivity index (χ2v) is 11.9. The lowest BCUT2D eigenvalue weighted by atomic mass is 9.78. The SMILES string of the molecule is CCN(CC)C(=O)C1CCCN(CCOC2CCC(NC3NCC(C4CCC(OC)CC4)CN3)CC2)C1. The van der Waals surface area contributed by atoms with Crippen molar-refractivity contribution in [3.05, 3.63) is 0 Å². The van der Waals surface area contributed by atoms with E-state index in [9.17, 15) is 4.79 Å². The minimum absolute atomic E-state index is 0.165. The molecule has 2 aliphatic heterocycles. The Balaban J connectivity index is 1.06. The molecule has 2 aliphatic carbocycles. The van der Waals surface area contributed by atoms with Gasteiger partial charge in [0.25, 0.3) is 0 Å². The van der Waals surface area contributed by atoms with Gasteiger partial charge in [0, 0.05) is 52.4 Å². The maximum atomic E-state index is 12.8. The Morgan fingerprint density at radius 3 is 2.24 bits per heavy atom. The summed E-state index contributed by atoms with van der Waals surface area (Å²) in [4.78, 5) is 17.2. The second kappa shape index (κ2) is 15.1. The number of hydrogen-bond acceptors (Lipinski definition) is 7. The molecule has 4 fully saturated rings. The van der Waals surface area contributed by atoms with Crippen LogP contribution in [0, 0.1) is 17.8 Å². The average Bonchev–Trinajstić information content (AvgIpc) is 2.95. The Morgan fingerprint density at radius 2 is 1.59 bits per heavy atom. The lowest BCUT2D eigenvalue weighted by Crippen LogP contribution is -2.63. The van der Waals surface area contributed by atoms with Crippen molar-refractivity contribution in [2.45, 2.75) is 103 Å². The van der Waals surface area contributed by atoms with E-state index in [1.165, 1.54) is 38.5 Å². The fourth-order valence-corrected chi connectivity index (χ4v) is 7.16. The zero-order valence-electron chi connectivity index (χ0n) is 23.9. The number of nitrogens with zero attached hydrogens (tertiary/aromatic N) is 2. The molecule has 8 heteroatoms. The first-order valence-corrected chi connectivity index (χ1v) is 15.5. The third kappa shape index (κ3) is 8.61. The van der Waals surface area contributed by atoms with Crippen molar-refractivity contribution in [3.8, 4) is 0 Å². The van der Waals surface area contributed by atoms with Crippen LogP contribution < -0.4 is 16.0 Å². The molecule has 1 atom stereocenters. The van der Waals surface area contributed by atoms with Crippen LogP contribution in [-0.4, -0.2) is 99.8 Å². The van der Waals surface area contributed by atoms with Gasteiger partial charge in [-0.3, -0.25) is 20.7 Å². The Labute approximate surface area is 225 Å². The van der Waals surface area contributed by atoms with Gasteiger partial charge in [0.15, 0.2) is 0 Å². The molecule has 1 unspecified atom stereocenters. The van der Waals surface area contributed by atoms with Crippen LogP contribution in [0.4, 0.5) is 0 Å². The van der Waals surface area contributed by atoms with Crippen LogP contribution in [0.1, 0.15) is 78.1 Å². The molecule has 0 aromatic carbocycles. The van der Waals surface area contributed by atoms with Gasteiger partial charge >= 0.3 is 0 Å². The van der Waals surface area contributed by atoms with E-state index in [0.717, 1.165) is 89.9 Å². The van der Waals surface area contributed by atoms with E-state index in [2.05, 4.69) is 34.7 Å². The number of amides is 1. The molecule has 1 amide bonds. The maximum absolute atomic E-state index is 12.8. The number of carbonyl (C=O) groups excluding carboxylic acids is 1. The predicted octanol–water partition coefficient (Wildman–Crippen LogP) is 2.78. The highest BCUT2D eigenvalue weighted by molar-refractivity contribution is 5.79. The largest absolute Gasteiger partial charge is 0.381 e. The molecule has 0 radical (unpaired) electrons. The fraction of sp³-hybridized carbons (Fsp3) is 0.966. The van der Waals surface area contributed by atoms with Crippen LogP contribution in [0.5, 0.6) is 0 Å². The molecule has 0 aromatic heterocycles. The van der Waals surface area contributed by atoms with Crippen LogP contribution >= 0.6 is 0 Å². The Hall–Kier alpha value is -0.770. The minimum atomic E-state index is 0.165. The van der Waals surface area contributed by atoms with Gasteiger partial charge in [0.2, 0.25) is 5.91 Å². The lowest BCUT2D eigenvalue weighted by Gasteiger charge is -2.40. The van der Waals surface area contributed by atoms with Crippen molar-refractivity contribution >= 4 is 5.91 Å². The standard InChI is InChI=1S/C29H55N5O3/c1-4-34(5-2)28(35)23-7-6-16-33(21-23)17-18-37-27-14-10-25(11-15-27)32-29-30-19-24(20-31-29)22-8-12-26(36-3)13-9-22/h22-27,29-32H,4-21H2,1-3H3. The molecule has 4 aliphatic rings. The smallest absolute Gasteiger partial charge is 0.226 e. The predicted molar refractivity (Wildman–Crippen MR) is 148 cm³/mol. The van der Waals surface area contributed by atoms with Gasteiger partial charge in [-0.15, -0.1) is 0 Å². The van der Waals surface area contributed by atoms with E-state index < -0.39 is 0 Å². The number of hydrogen-bond donors (Lipinski definition) is 3. The fourth-order valence-electron chi connectivity index (χ4n) is 7.16. The highest BCUT2D eigenvalue weighted by atomic mass is 16.5. The first kappa shape index (κ1) is 29.2. The minimum Gasteiger partial charge on any atom is -0.381 e. The number of methoxy groups -OCH3 is 1. The molecule has 4 rings (SSSR count). The Morgan fingerprint density at radius 1 is 0.919 bits per heavy atom. The summed E-state index contributed by atoms with van der Waals surface area (Å²) < 4.78 is 11.8. The molecule has 37 heavy (non-hydrogen) atoms. The van der Waals surface area contributed by atoms with Gasteiger partial charge in [0.05, 0.1) is 24.7 Å². The van der Waals surface area contributed by atoms with Gasteiger partial charge in [-0.25, -0.2) is 0 Å². The maximum Gasteiger partial charge on any atom is 0.226 e. The van der Waals surface area contributed by atoms with Crippen molar-refractivity contribution in [1.82, 2.24) is 25.8 Å². The van der Waals surface area contributed by atoms with Crippen molar-refractivity contribution < 1.29 is 14.3 Å². The van der Waals surface area contributed by atoms with E-state index in [4.69, 9.17) is 9.47 Å². The van der Waals surface area contributed by atoms with Gasteiger partial charge in [-0.05, 0) is 96.4 Å². The number of rotatable bonds is 11. The first-order valence-electron chi connectivity index (χ1n) is 15.5. The molecular formula is C29H55N5O3. The van der Waals surface area contributed by atoms with Crippen LogP contribution in [-0.2, 0) is 14.3 Å². The lowest BCUT2D eigenvalue weighted by molar-refractivity contribution is -0.137. The van der Waals surface area contributed by atoms with Crippen molar-refractivity contribution in [2.24, 2.45) is 17.8 Å². The second-order valence-electron chi connectivity index (χ2n) is 11.9. The molecule has 3 N–H and O–H groups in total. The normalized spacial score (nSPS) is 35.8. The van der Waals surface area contributed by atoms with E-state index in [0.29, 0.717) is 24.2 Å². The highest BCUT2D eigenvalue weighted by Crippen LogP contribution is 2.32. The molecule has 0 bridgehead atoms. The van der Waals surface area contributed by atoms with E-state index >= 15 is 0 Å². The number of carbonyl (C=O) groups is 1. The number of piperidine rings is 1. The van der Waals surface area contributed by atoms with Gasteiger partial charge in [0.1, 0.15) is 6.29 Å². The molecule has 0 aromatic rings. The highest BCUT2D eigenvalue weighted by Gasteiger charge is 2.32. The summed E-state index contributed by atoms with van der Waals surface area (Å²) in [7, 11) is 1.85. The van der Waals surface area contributed by atoms with Crippen LogP contribution in [0.2, 0.25) is 0 Å². The number of nitrogens with one attached hydrogen (secondary N) is 3. The monoisotopic (exact) mass is 521 g/mol. The van der Waals surface area contributed by atoms with Crippen molar-refractivity contribution in [2.75, 3.05) is 59.5 Å². The average molecular weight is 522 g/mol. The first-order chi connectivity index (χ1) is 18.1. The molecule has 2 saturated carbocycles. The third-order valence-electron chi connectivity index (χ3n) is 9.65. The molecule has 214 valence electrons. The molecular weight excluding hydrogens is 466 g/mol. The summed E-state index contributed by atoms with van der Waals surface area (Å²) in [6, 6.07) is 0.562. The van der Waals surface area contributed by atoms with Crippen molar-refractivity contribution in [3.63, 3.8) is 0 Å². The van der Waals surface area contributed by atoms with Crippen LogP contribution in [0.25, 0.3) is 0 Å². The number of likely N-dealkylation sites (tertiary alicyclic amines) is 1. The molecule has 2 saturated heterocycles. The summed E-state index contributed by atoms with van der Waals surface area (Å²) in [6.07, 6.45) is 12.9. The summed E-state index contributed by atoms with van der Waals surface area (Å²) in [6.45, 7) is 11.7. The molecule has 8 nitrogen and oxygen atoms in total. The van der Waals surface area contributed by atoms with Gasteiger partial charge in [-0.2, -0.15) is 0 Å². The topological polar surface area (TPSA) is 78.1 Å². The third-order valence-corrected chi connectivity index (χ3v) is 9.65. The van der Waals surface area contributed by atoms with Crippen LogP contribution in [0.15, 0.2) is 0 Å². The van der Waals surface area contributed by atoms with Gasteiger partial charge < -0.3 is 19.3 Å². The summed E-state index contributed by atoms with van der Waals surface area (Å²) in [5, 5.41) is 11.3. The quantitative estimate of drug-likeness (QED) is 0.386. The molecule has 2 heterocycles. The summed E-state index contributed by atoms with van der Waals surface area (Å²) in [5.74, 6) is 2.08. The zero-order chi connectivity index (χ0) is 26.0. The number of ether oxygens (including phenoxy) is 2. The van der Waals surface area contributed by atoms with E-state index in [1.807, 2.05) is 12.0 Å².